The van der Waals surface area contributed by atoms with Crippen molar-refractivity contribution in [3.05, 3.63) is 11.6 Å². The van der Waals surface area contributed by atoms with E-state index >= 15 is 0 Å². The van der Waals surface area contributed by atoms with Crippen LogP contribution in [0.1, 0.15) is 0 Å². The number of amides is 1. The monoisotopic (exact) mass is 169 g/mol. The number of allylic oxidation sites excluding steroid dienone is 1. The lowest BCUT2D eigenvalue weighted by Crippen LogP contribution is -2.10. The summed E-state index contributed by atoms with van der Waals surface area (Å²) in [6.45, 7) is 0. The van der Waals surface area contributed by atoms with E-state index in [4.69, 9.17) is 0 Å². The fourth-order valence-corrected chi connectivity index (χ4v) is 0.802. The van der Waals surface area contributed by atoms with Gasteiger partial charge in [0.25, 0.3) is 5.91 Å². The summed E-state index contributed by atoms with van der Waals surface area (Å²) < 4.78 is 0. The summed E-state index contributed by atoms with van der Waals surface area (Å²) >= 11 is 0. The first-order valence-electron chi connectivity index (χ1n) is 2.77. The molecule has 0 bridgehead atoms. The molecule has 0 spiro atoms. The van der Waals surface area contributed by atoms with Gasteiger partial charge in [-0.25, -0.2) is 9.98 Å². The van der Waals surface area contributed by atoms with Gasteiger partial charge in [0.15, 0.2) is 5.84 Å². The summed E-state index contributed by atoms with van der Waals surface area (Å²) in [5.74, 6) is 0.211. The number of halogens is 1. The zero-order valence-corrected chi connectivity index (χ0v) is 6.21. The summed E-state index contributed by atoms with van der Waals surface area (Å²) in [5, 5.41) is 0. The number of aliphatic imine (C=N–C) groups is 3. The van der Waals surface area contributed by atoms with E-state index in [1.54, 1.807) is 12.3 Å². The quantitative estimate of drug-likeness (QED) is 0.518. The standard InChI is InChI=1S/C6H3N3O.ClH/c10-6-4-1-2-7-5(4)8-3-9-6;/h1-3H;1H. The lowest BCUT2D eigenvalue weighted by molar-refractivity contribution is -0.113. The average molecular weight is 170 g/mol. The van der Waals surface area contributed by atoms with Crippen LogP contribution in [0.4, 0.5) is 0 Å². The third kappa shape index (κ3) is 1.12. The van der Waals surface area contributed by atoms with Gasteiger partial charge in [-0.05, 0) is 6.08 Å². The number of nitrogens with zero attached hydrogens (tertiary/aromatic N) is 3. The second kappa shape index (κ2) is 2.75. The molecule has 2 heterocycles. The van der Waals surface area contributed by atoms with E-state index in [1.165, 1.54) is 6.34 Å². The minimum absolute atomic E-state index is 0. The van der Waals surface area contributed by atoms with Crippen molar-refractivity contribution >= 4 is 36.7 Å². The van der Waals surface area contributed by atoms with Crippen molar-refractivity contribution in [3.63, 3.8) is 0 Å². The van der Waals surface area contributed by atoms with Gasteiger partial charge in [-0.3, -0.25) is 4.79 Å². The Hall–Kier alpha value is -1.29. The second-order valence-electron chi connectivity index (χ2n) is 1.86. The summed E-state index contributed by atoms with van der Waals surface area (Å²) in [4.78, 5) is 21.9. The largest absolute Gasteiger partial charge is 0.282 e. The van der Waals surface area contributed by atoms with Gasteiger partial charge >= 0.3 is 0 Å². The Bertz CT molecular complexity index is 308. The molecule has 0 radical (unpaired) electrons. The normalized spacial score (nSPS) is 18.7. The van der Waals surface area contributed by atoms with Crippen LogP contribution in [0.15, 0.2) is 26.6 Å². The molecule has 0 unspecified atom stereocenters. The first-order valence-corrected chi connectivity index (χ1v) is 2.77. The molecule has 1 amide bonds. The zero-order valence-electron chi connectivity index (χ0n) is 5.39. The maximum Gasteiger partial charge on any atom is 0.282 e. The molecule has 4 nitrogen and oxygen atoms in total. The molecule has 2 aliphatic heterocycles. The number of fused-ring (bicyclic) bond motifs is 1. The Morgan fingerprint density at radius 1 is 1.27 bits per heavy atom. The molecule has 0 saturated carbocycles. The molecule has 11 heavy (non-hydrogen) atoms. The van der Waals surface area contributed by atoms with Gasteiger partial charge in [-0.15, -0.1) is 12.4 Å². The van der Waals surface area contributed by atoms with Crippen LogP contribution < -0.4 is 0 Å². The third-order valence-electron chi connectivity index (χ3n) is 1.26. The number of hydrogen-bond donors (Lipinski definition) is 0. The van der Waals surface area contributed by atoms with E-state index in [-0.39, 0.29) is 18.3 Å². The summed E-state index contributed by atoms with van der Waals surface area (Å²) in [5.41, 5.74) is 0.488. The predicted molar refractivity (Wildman–Crippen MR) is 44.8 cm³/mol. The maximum atomic E-state index is 10.8. The highest BCUT2D eigenvalue weighted by molar-refractivity contribution is 6.31. The number of amidine groups is 1. The Morgan fingerprint density at radius 3 is 2.82 bits per heavy atom. The highest BCUT2D eigenvalue weighted by atomic mass is 35.5. The van der Waals surface area contributed by atoms with Crippen LogP contribution in [0.2, 0.25) is 0 Å². The fraction of sp³-hybridized carbons (Fsp3) is 0. The van der Waals surface area contributed by atoms with Gasteiger partial charge in [0.05, 0.1) is 5.57 Å². The number of hydrogen-bond acceptors (Lipinski definition) is 3. The van der Waals surface area contributed by atoms with Crippen molar-refractivity contribution in [1.29, 1.82) is 0 Å². The lowest BCUT2D eigenvalue weighted by atomic mass is 10.2. The minimum atomic E-state index is -0.262. The summed E-state index contributed by atoms with van der Waals surface area (Å²) in [6, 6.07) is 0. The van der Waals surface area contributed by atoms with E-state index in [0.717, 1.165) is 0 Å². The second-order valence-corrected chi connectivity index (χ2v) is 1.86. The highest BCUT2D eigenvalue weighted by Crippen LogP contribution is 2.09. The van der Waals surface area contributed by atoms with Crippen molar-refractivity contribution in [2.75, 3.05) is 0 Å². The molecule has 0 fully saturated rings. The van der Waals surface area contributed by atoms with Gasteiger partial charge in [0, 0.05) is 6.21 Å². The van der Waals surface area contributed by atoms with Crippen LogP contribution in [0.25, 0.3) is 0 Å². The molecule has 2 aliphatic rings. The summed E-state index contributed by atoms with van der Waals surface area (Å²) in [7, 11) is 0. The van der Waals surface area contributed by atoms with Crippen molar-refractivity contribution in [2.24, 2.45) is 15.0 Å². The Balaban J connectivity index is 0.000000605. The third-order valence-corrected chi connectivity index (χ3v) is 1.26. The van der Waals surface area contributed by atoms with Crippen LogP contribution >= 0.6 is 12.4 Å². The smallest absolute Gasteiger partial charge is 0.267 e. The molecule has 0 N–H and O–H groups in total. The number of rotatable bonds is 0. The van der Waals surface area contributed by atoms with Crippen LogP contribution in [0.3, 0.4) is 0 Å². The van der Waals surface area contributed by atoms with E-state index < -0.39 is 0 Å². The van der Waals surface area contributed by atoms with Crippen molar-refractivity contribution in [3.8, 4) is 0 Å². The molecule has 0 aliphatic carbocycles. The van der Waals surface area contributed by atoms with Crippen molar-refractivity contribution in [2.45, 2.75) is 0 Å². The fourth-order valence-electron chi connectivity index (χ4n) is 0.802. The van der Waals surface area contributed by atoms with Crippen LogP contribution in [-0.2, 0) is 4.79 Å². The van der Waals surface area contributed by atoms with Gasteiger partial charge in [0.2, 0.25) is 0 Å². The SMILES string of the molecule is Cl.O=C1N=CN=C2N=CC=C12. The summed E-state index contributed by atoms with van der Waals surface area (Å²) in [6.07, 6.45) is 4.37. The van der Waals surface area contributed by atoms with Crippen molar-refractivity contribution < 1.29 is 4.79 Å². The molecule has 0 atom stereocenters. The molecule has 56 valence electrons. The zero-order chi connectivity index (χ0) is 6.97. The molecular formula is C6H4ClN3O. The van der Waals surface area contributed by atoms with Gasteiger partial charge in [-0.2, -0.15) is 4.99 Å². The van der Waals surface area contributed by atoms with Crippen molar-refractivity contribution in [1.82, 2.24) is 0 Å². The number of carbonyl (C=O) groups excluding carboxylic acids is 1. The van der Waals surface area contributed by atoms with Gasteiger partial charge in [-0.1, -0.05) is 0 Å². The van der Waals surface area contributed by atoms with E-state index in [9.17, 15) is 4.79 Å². The molecule has 0 aromatic carbocycles. The molecule has 5 heteroatoms. The number of carbonyl (C=O) groups is 1. The first kappa shape index (κ1) is 7.81. The average Bonchev–Trinajstić information content (AvgIpc) is 2.36. The molecule has 0 aromatic heterocycles. The van der Waals surface area contributed by atoms with Crippen LogP contribution in [0.5, 0.6) is 0 Å². The Labute approximate surface area is 68.9 Å². The predicted octanol–water partition coefficient (Wildman–Crippen LogP) is 0.386. The van der Waals surface area contributed by atoms with Crippen LogP contribution in [-0.4, -0.2) is 24.3 Å². The van der Waals surface area contributed by atoms with E-state index in [2.05, 4.69) is 15.0 Å². The maximum absolute atomic E-state index is 10.8. The Kier molecular flexibility index (Phi) is 1.96. The van der Waals surface area contributed by atoms with E-state index in [0.29, 0.717) is 11.4 Å². The first-order chi connectivity index (χ1) is 4.88. The molecular weight excluding hydrogens is 166 g/mol. The minimum Gasteiger partial charge on any atom is -0.267 e. The van der Waals surface area contributed by atoms with Gasteiger partial charge < -0.3 is 0 Å². The topological polar surface area (TPSA) is 54.1 Å². The highest BCUT2D eigenvalue weighted by Gasteiger charge is 2.19. The van der Waals surface area contributed by atoms with E-state index in [1.807, 2.05) is 0 Å². The lowest BCUT2D eigenvalue weighted by Gasteiger charge is -1.98. The Morgan fingerprint density at radius 2 is 2.09 bits per heavy atom. The molecule has 0 saturated heterocycles. The molecule has 2 rings (SSSR count). The van der Waals surface area contributed by atoms with Gasteiger partial charge in [0.1, 0.15) is 6.34 Å². The van der Waals surface area contributed by atoms with Crippen LogP contribution in [0, 0.1) is 0 Å². The molecule has 0 aromatic rings.